The second kappa shape index (κ2) is 12.5. The molecule has 0 aromatic rings. The Bertz CT molecular complexity index is 1020. The van der Waals surface area contributed by atoms with Gasteiger partial charge in [-0.3, -0.25) is 9.59 Å². The molecule has 20 heteroatoms. The van der Waals surface area contributed by atoms with E-state index < -0.39 is 64.6 Å². The van der Waals surface area contributed by atoms with Crippen LogP contribution in [0.25, 0.3) is 0 Å². The maximum Gasteiger partial charge on any atom is 0.516 e. The van der Waals surface area contributed by atoms with Gasteiger partial charge in [-0.15, -0.1) is 0 Å². The number of carbonyl (C=O) groups excluding carboxylic acids is 2. The van der Waals surface area contributed by atoms with Crippen LogP contribution < -0.4 is 0 Å². The highest BCUT2D eigenvalue weighted by Crippen LogP contribution is 2.30. The number of carbonyl (C=O) groups is 2. The van der Waals surface area contributed by atoms with Gasteiger partial charge >= 0.3 is 42.9 Å². The maximum absolute atomic E-state index is 13.2. The minimum atomic E-state index is -6.61. The molecule has 2 aliphatic heterocycles. The first kappa shape index (κ1) is 31.6. The predicted molar refractivity (Wildman–Crippen MR) is 116 cm³/mol. The lowest BCUT2D eigenvalue weighted by Gasteiger charge is -2.28. The molecule has 0 aliphatic carbocycles. The summed E-state index contributed by atoms with van der Waals surface area (Å²) in [5.41, 5.74) is -12.3. The van der Waals surface area contributed by atoms with Crippen molar-refractivity contribution in [3.8, 4) is 0 Å². The van der Waals surface area contributed by atoms with Gasteiger partial charge < -0.3 is 19.3 Å². The molecule has 2 aliphatic rings. The Morgan fingerprint density at radius 3 is 1.21 bits per heavy atom. The zero-order chi connectivity index (χ0) is 28.8. The van der Waals surface area contributed by atoms with E-state index in [0.29, 0.717) is 0 Å². The molecule has 2 rings (SSSR count). The van der Waals surface area contributed by atoms with Gasteiger partial charge in [-0.1, -0.05) is 0 Å². The molecular formula is C18H24F6N4O8S2. The van der Waals surface area contributed by atoms with Gasteiger partial charge in [0.2, 0.25) is 0 Å². The lowest BCUT2D eigenvalue weighted by Crippen LogP contribution is -2.54. The van der Waals surface area contributed by atoms with Gasteiger partial charge in [-0.2, -0.15) is 43.2 Å². The van der Waals surface area contributed by atoms with Gasteiger partial charge in [-0.25, -0.2) is 8.61 Å². The predicted octanol–water partition coefficient (Wildman–Crippen LogP) is 0.0346. The molecular weight excluding hydrogens is 578 g/mol. The van der Waals surface area contributed by atoms with Crippen molar-refractivity contribution in [3.63, 3.8) is 0 Å². The van der Waals surface area contributed by atoms with Gasteiger partial charge in [0, 0.05) is 26.2 Å². The van der Waals surface area contributed by atoms with Crippen molar-refractivity contribution < 1.29 is 62.2 Å². The molecule has 0 spiro atoms. The van der Waals surface area contributed by atoms with E-state index in [1.807, 2.05) is 0 Å². The number of sulfonamides is 2. The molecule has 2 amide bonds. The SMILES string of the molecule is O=C(C(=O)N(CC=CN1CCOCC1)S(=O)(=O)C(F)(F)F)N(CC=CN1CCOCC1)S(=O)(=O)C(F)(F)F. The van der Waals surface area contributed by atoms with Crippen molar-refractivity contribution in [2.75, 3.05) is 65.7 Å². The van der Waals surface area contributed by atoms with E-state index in [0.717, 1.165) is 24.6 Å². The van der Waals surface area contributed by atoms with Crippen molar-refractivity contribution in [1.29, 1.82) is 0 Å². The number of amides is 2. The second-order valence-electron chi connectivity index (χ2n) is 7.64. The van der Waals surface area contributed by atoms with Crippen LogP contribution in [0.4, 0.5) is 26.3 Å². The normalized spacial score (nSPS) is 18.3. The van der Waals surface area contributed by atoms with E-state index in [4.69, 9.17) is 9.47 Å². The molecule has 2 heterocycles. The van der Waals surface area contributed by atoms with E-state index in [-0.39, 0.29) is 52.6 Å². The van der Waals surface area contributed by atoms with Crippen LogP contribution in [0.3, 0.4) is 0 Å². The fourth-order valence-electron chi connectivity index (χ4n) is 3.08. The Hall–Kier alpha value is -2.58. The first-order chi connectivity index (χ1) is 17.5. The van der Waals surface area contributed by atoms with Crippen LogP contribution in [0.15, 0.2) is 24.6 Å². The van der Waals surface area contributed by atoms with Crippen LogP contribution in [0.2, 0.25) is 0 Å². The van der Waals surface area contributed by atoms with E-state index in [1.165, 1.54) is 9.80 Å². The maximum atomic E-state index is 13.2. The lowest BCUT2D eigenvalue weighted by atomic mass is 10.4. The second-order valence-corrected chi connectivity index (χ2v) is 11.3. The third-order valence-corrected chi connectivity index (χ3v) is 8.03. The smallest absolute Gasteiger partial charge is 0.378 e. The van der Waals surface area contributed by atoms with Gasteiger partial charge in [-0.05, 0) is 24.6 Å². The molecule has 0 N–H and O–H groups in total. The van der Waals surface area contributed by atoms with Crippen LogP contribution in [-0.4, -0.2) is 124 Å². The average Bonchev–Trinajstić information content (AvgIpc) is 2.83. The summed E-state index contributed by atoms with van der Waals surface area (Å²) < 4.78 is 136. The molecule has 0 aromatic carbocycles. The number of nitrogens with zero attached hydrogens (tertiary/aromatic N) is 4. The van der Waals surface area contributed by atoms with Crippen molar-refractivity contribution >= 4 is 31.9 Å². The van der Waals surface area contributed by atoms with Crippen LogP contribution in [0, 0.1) is 0 Å². The van der Waals surface area contributed by atoms with Crippen LogP contribution in [0.1, 0.15) is 0 Å². The van der Waals surface area contributed by atoms with E-state index in [2.05, 4.69) is 0 Å². The number of morpholine rings is 2. The minimum absolute atomic E-state index is 0.231. The zero-order valence-corrected chi connectivity index (χ0v) is 21.2. The summed E-state index contributed by atoms with van der Waals surface area (Å²) in [7, 11) is -13.2. The molecule has 0 aromatic heterocycles. The Kier molecular flexibility index (Phi) is 10.4. The number of halogens is 6. The third kappa shape index (κ3) is 7.73. The fraction of sp³-hybridized carbons (Fsp3) is 0.667. The number of ether oxygens (including phenoxy) is 2. The first-order valence-electron chi connectivity index (χ1n) is 10.7. The summed E-state index contributed by atoms with van der Waals surface area (Å²) in [6.45, 7) is -0.914. The van der Waals surface area contributed by atoms with Crippen molar-refractivity contribution in [1.82, 2.24) is 18.4 Å². The summed E-state index contributed by atoms with van der Waals surface area (Å²) >= 11 is 0. The Morgan fingerprint density at radius 1 is 0.658 bits per heavy atom. The van der Waals surface area contributed by atoms with Gasteiger partial charge in [0.15, 0.2) is 0 Å². The molecule has 2 saturated heterocycles. The molecule has 12 nitrogen and oxygen atoms in total. The zero-order valence-electron chi connectivity index (χ0n) is 19.5. The fourth-order valence-corrected chi connectivity index (χ4v) is 4.74. The van der Waals surface area contributed by atoms with Crippen molar-refractivity contribution in [2.24, 2.45) is 0 Å². The largest absolute Gasteiger partial charge is 0.516 e. The summed E-state index contributed by atoms with van der Waals surface area (Å²) in [5.74, 6) is -5.30. The summed E-state index contributed by atoms with van der Waals surface area (Å²) in [6, 6.07) is 0. The minimum Gasteiger partial charge on any atom is -0.378 e. The molecule has 0 saturated carbocycles. The summed E-state index contributed by atoms with van der Waals surface area (Å²) in [5, 5.41) is 0. The molecule has 0 radical (unpaired) electrons. The lowest BCUT2D eigenvalue weighted by molar-refractivity contribution is -0.146. The van der Waals surface area contributed by atoms with Gasteiger partial charge in [0.25, 0.3) is 0 Å². The Labute approximate surface area is 214 Å². The highest BCUT2D eigenvalue weighted by atomic mass is 32.2. The molecule has 0 bridgehead atoms. The van der Waals surface area contributed by atoms with Gasteiger partial charge in [0.05, 0.1) is 39.5 Å². The number of alkyl halides is 6. The quantitative estimate of drug-likeness (QED) is 0.277. The van der Waals surface area contributed by atoms with E-state index in [1.54, 1.807) is 0 Å². The van der Waals surface area contributed by atoms with Crippen molar-refractivity contribution in [2.45, 2.75) is 11.0 Å². The monoisotopic (exact) mass is 602 g/mol. The summed E-state index contributed by atoms with van der Waals surface area (Å²) in [4.78, 5) is 28.2. The van der Waals surface area contributed by atoms with Crippen LogP contribution >= 0.6 is 0 Å². The molecule has 218 valence electrons. The number of rotatable bonds is 8. The highest BCUT2D eigenvalue weighted by molar-refractivity contribution is 7.91. The molecule has 0 unspecified atom stereocenters. The average molecular weight is 603 g/mol. The Morgan fingerprint density at radius 2 is 0.947 bits per heavy atom. The summed E-state index contributed by atoms with van der Waals surface area (Å²) in [6.07, 6.45) is 3.71. The Balaban J connectivity index is 2.38. The first-order valence-corrected chi connectivity index (χ1v) is 13.6. The van der Waals surface area contributed by atoms with Crippen LogP contribution in [-0.2, 0) is 39.1 Å². The third-order valence-electron chi connectivity index (χ3n) is 5.07. The standard InChI is InChI=1S/C18H24F6N4O8S2/c19-17(20,21)37(31,32)27(5-1-3-25-7-11-35-12-8-25)15(29)16(30)28(38(33,34)18(22,23)24)6-2-4-26-9-13-36-14-10-26/h1-4H,5-14H2. The van der Waals surface area contributed by atoms with E-state index in [9.17, 15) is 52.8 Å². The topological polar surface area (TPSA) is 134 Å². The van der Waals surface area contributed by atoms with E-state index >= 15 is 0 Å². The highest BCUT2D eigenvalue weighted by Gasteiger charge is 2.56. The molecule has 38 heavy (non-hydrogen) atoms. The number of hydrogen-bond donors (Lipinski definition) is 0. The molecule has 2 fully saturated rings. The van der Waals surface area contributed by atoms with Crippen molar-refractivity contribution in [3.05, 3.63) is 24.6 Å². The number of hydrogen-bond acceptors (Lipinski definition) is 10. The van der Waals surface area contributed by atoms with Gasteiger partial charge in [0.1, 0.15) is 0 Å². The van der Waals surface area contributed by atoms with Crippen LogP contribution in [0.5, 0.6) is 0 Å². The molecule has 0 atom stereocenters.